The second-order valence-corrected chi connectivity index (χ2v) is 8.33. The van der Waals surface area contributed by atoms with Crippen LogP contribution in [0.1, 0.15) is 12.0 Å². The van der Waals surface area contributed by atoms with Gasteiger partial charge in [0, 0.05) is 16.6 Å². The number of carbonyl (C=O) groups excluding carboxylic acids is 1. The Hall–Kier alpha value is -2.06. The average molecular weight is 443 g/mol. The van der Waals surface area contributed by atoms with Gasteiger partial charge in [0.25, 0.3) is 0 Å². The van der Waals surface area contributed by atoms with Crippen LogP contribution in [0.3, 0.4) is 0 Å². The van der Waals surface area contributed by atoms with E-state index in [1.807, 2.05) is 0 Å². The van der Waals surface area contributed by atoms with Crippen LogP contribution >= 0.6 is 23.2 Å². The Bertz CT molecular complexity index is 964. The van der Waals surface area contributed by atoms with Crippen LogP contribution in [0.25, 0.3) is 0 Å². The second-order valence-electron chi connectivity index (χ2n) is 5.80. The summed E-state index contributed by atoms with van der Waals surface area (Å²) in [7, 11) is -2.73. The van der Waals surface area contributed by atoms with Crippen molar-refractivity contribution in [2.45, 2.75) is 23.9 Å². The van der Waals surface area contributed by atoms with E-state index in [0.29, 0.717) is 10.6 Å². The SMILES string of the molecule is C=CCC(NS(=O)(=O)c1cc(Cl)ccc1OC)C(=O)NCc1ccccc1Cl. The molecule has 1 amide bonds. The predicted molar refractivity (Wildman–Crippen MR) is 110 cm³/mol. The van der Waals surface area contributed by atoms with Crippen LogP contribution in [0.5, 0.6) is 5.75 Å². The van der Waals surface area contributed by atoms with E-state index in [1.165, 1.54) is 31.4 Å². The molecule has 0 radical (unpaired) electrons. The molecule has 2 N–H and O–H groups in total. The van der Waals surface area contributed by atoms with Crippen molar-refractivity contribution in [3.63, 3.8) is 0 Å². The van der Waals surface area contributed by atoms with Crippen molar-refractivity contribution in [2.75, 3.05) is 7.11 Å². The van der Waals surface area contributed by atoms with E-state index in [2.05, 4.69) is 16.6 Å². The zero-order valence-electron chi connectivity index (χ0n) is 15.1. The molecule has 9 heteroatoms. The third-order valence-corrected chi connectivity index (χ3v) is 5.94. The minimum absolute atomic E-state index is 0.0937. The zero-order valence-corrected chi connectivity index (χ0v) is 17.4. The molecule has 2 aromatic carbocycles. The molecule has 2 aromatic rings. The van der Waals surface area contributed by atoms with Crippen LogP contribution < -0.4 is 14.8 Å². The molecule has 1 atom stereocenters. The normalized spacial score (nSPS) is 12.2. The summed E-state index contributed by atoms with van der Waals surface area (Å²) < 4.78 is 33.1. The van der Waals surface area contributed by atoms with Crippen molar-refractivity contribution >= 4 is 39.1 Å². The summed E-state index contributed by atoms with van der Waals surface area (Å²) in [6, 6.07) is 10.2. The Morgan fingerprint density at radius 3 is 2.61 bits per heavy atom. The number of ether oxygens (including phenoxy) is 1. The molecule has 6 nitrogen and oxygen atoms in total. The molecule has 0 saturated carbocycles. The van der Waals surface area contributed by atoms with Crippen LogP contribution in [-0.2, 0) is 21.4 Å². The van der Waals surface area contributed by atoms with E-state index < -0.39 is 22.0 Å². The third-order valence-electron chi connectivity index (χ3n) is 3.84. The Morgan fingerprint density at radius 2 is 1.96 bits per heavy atom. The highest BCUT2D eigenvalue weighted by Crippen LogP contribution is 2.27. The quantitative estimate of drug-likeness (QED) is 0.581. The number of halogens is 2. The number of rotatable bonds is 9. The Morgan fingerprint density at radius 1 is 1.25 bits per heavy atom. The van der Waals surface area contributed by atoms with Crippen molar-refractivity contribution in [2.24, 2.45) is 0 Å². The first-order valence-corrected chi connectivity index (χ1v) is 10.5. The minimum Gasteiger partial charge on any atom is -0.495 e. The molecule has 0 fully saturated rings. The van der Waals surface area contributed by atoms with Crippen LogP contribution in [-0.4, -0.2) is 27.5 Å². The summed E-state index contributed by atoms with van der Waals surface area (Å²) in [5.74, 6) is -0.393. The Kier molecular flexibility index (Phi) is 7.88. The molecule has 28 heavy (non-hydrogen) atoms. The van der Waals surface area contributed by atoms with Gasteiger partial charge in [-0.15, -0.1) is 6.58 Å². The van der Waals surface area contributed by atoms with Crippen molar-refractivity contribution < 1.29 is 17.9 Å². The van der Waals surface area contributed by atoms with Gasteiger partial charge in [0.1, 0.15) is 16.7 Å². The Labute approximate surface area is 174 Å². The van der Waals surface area contributed by atoms with Gasteiger partial charge in [0.2, 0.25) is 15.9 Å². The van der Waals surface area contributed by atoms with Crippen LogP contribution in [0.4, 0.5) is 0 Å². The van der Waals surface area contributed by atoms with Gasteiger partial charge in [-0.2, -0.15) is 4.72 Å². The average Bonchev–Trinajstić information content (AvgIpc) is 2.66. The van der Waals surface area contributed by atoms with Gasteiger partial charge < -0.3 is 10.1 Å². The molecule has 0 aliphatic carbocycles. The van der Waals surface area contributed by atoms with Gasteiger partial charge in [0.15, 0.2) is 0 Å². The number of nitrogens with one attached hydrogen (secondary N) is 2. The lowest BCUT2D eigenvalue weighted by Crippen LogP contribution is -2.46. The number of benzene rings is 2. The third kappa shape index (κ3) is 5.72. The monoisotopic (exact) mass is 442 g/mol. The Balaban J connectivity index is 2.19. The molecule has 0 aromatic heterocycles. The molecule has 0 aliphatic heterocycles. The highest BCUT2D eigenvalue weighted by Gasteiger charge is 2.27. The lowest BCUT2D eigenvalue weighted by molar-refractivity contribution is -0.122. The number of sulfonamides is 1. The van der Waals surface area contributed by atoms with E-state index in [0.717, 1.165) is 0 Å². The summed E-state index contributed by atoms with van der Waals surface area (Å²) in [6.45, 7) is 3.75. The number of methoxy groups -OCH3 is 1. The van der Waals surface area contributed by atoms with E-state index in [1.54, 1.807) is 24.3 Å². The molecular weight excluding hydrogens is 423 g/mol. The maximum Gasteiger partial charge on any atom is 0.245 e. The first kappa shape index (κ1) is 22.2. The topological polar surface area (TPSA) is 84.5 Å². The summed E-state index contributed by atoms with van der Waals surface area (Å²) in [5, 5.41) is 3.42. The van der Waals surface area contributed by atoms with Crippen molar-refractivity contribution in [1.29, 1.82) is 0 Å². The van der Waals surface area contributed by atoms with Gasteiger partial charge in [-0.3, -0.25) is 4.79 Å². The van der Waals surface area contributed by atoms with Crippen LogP contribution in [0.2, 0.25) is 10.0 Å². The fraction of sp³-hybridized carbons (Fsp3) is 0.211. The lowest BCUT2D eigenvalue weighted by Gasteiger charge is -2.18. The second kappa shape index (κ2) is 9.93. The minimum atomic E-state index is -4.08. The van der Waals surface area contributed by atoms with Crippen molar-refractivity contribution in [3.8, 4) is 5.75 Å². The summed E-state index contributed by atoms with van der Waals surface area (Å²) in [5.41, 5.74) is 0.717. The van der Waals surface area contributed by atoms with Gasteiger partial charge >= 0.3 is 0 Å². The summed E-state index contributed by atoms with van der Waals surface area (Å²) >= 11 is 12.0. The summed E-state index contributed by atoms with van der Waals surface area (Å²) in [4.78, 5) is 12.4. The lowest BCUT2D eigenvalue weighted by atomic mass is 10.2. The zero-order chi connectivity index (χ0) is 20.7. The molecule has 150 valence electrons. The molecule has 0 heterocycles. The van der Waals surface area contributed by atoms with Crippen LogP contribution in [0.15, 0.2) is 60.0 Å². The first-order valence-electron chi connectivity index (χ1n) is 8.26. The van der Waals surface area contributed by atoms with Crippen LogP contribution in [0, 0.1) is 0 Å². The first-order chi connectivity index (χ1) is 13.3. The van der Waals surface area contributed by atoms with Gasteiger partial charge in [0.05, 0.1) is 7.11 Å². The molecule has 0 spiro atoms. The van der Waals surface area contributed by atoms with E-state index >= 15 is 0 Å². The number of hydrogen-bond donors (Lipinski definition) is 2. The fourth-order valence-electron chi connectivity index (χ4n) is 2.43. The van der Waals surface area contributed by atoms with Gasteiger partial charge in [-0.1, -0.05) is 47.5 Å². The van der Waals surface area contributed by atoms with E-state index in [9.17, 15) is 13.2 Å². The highest BCUT2D eigenvalue weighted by atomic mass is 35.5. The molecule has 0 saturated heterocycles. The molecule has 0 bridgehead atoms. The largest absolute Gasteiger partial charge is 0.495 e. The van der Waals surface area contributed by atoms with Crippen molar-refractivity contribution in [3.05, 3.63) is 70.7 Å². The molecule has 1 unspecified atom stereocenters. The standard InChI is InChI=1S/C19H20Cl2N2O4S/c1-3-6-16(19(24)22-12-13-7-4-5-8-15(13)21)23-28(25,26)18-11-14(20)9-10-17(18)27-2/h3-5,7-11,16,23H,1,6,12H2,2H3,(H,22,24). The molecule has 0 aliphatic rings. The maximum absolute atomic E-state index is 12.8. The predicted octanol–water partition coefficient (Wildman–Crippen LogP) is 3.54. The molecular formula is C19H20Cl2N2O4S. The summed E-state index contributed by atoms with van der Waals surface area (Å²) in [6.07, 6.45) is 1.55. The number of carbonyl (C=O) groups is 1. The number of hydrogen-bond acceptors (Lipinski definition) is 4. The van der Waals surface area contributed by atoms with Crippen molar-refractivity contribution in [1.82, 2.24) is 10.0 Å². The van der Waals surface area contributed by atoms with Gasteiger partial charge in [-0.25, -0.2) is 8.42 Å². The molecule has 2 rings (SSSR count). The maximum atomic E-state index is 12.8. The van der Waals surface area contributed by atoms with Gasteiger partial charge in [-0.05, 0) is 36.2 Å². The van der Waals surface area contributed by atoms with E-state index in [-0.39, 0.29) is 28.6 Å². The number of amides is 1. The smallest absolute Gasteiger partial charge is 0.245 e. The highest BCUT2D eigenvalue weighted by molar-refractivity contribution is 7.89. The van der Waals surface area contributed by atoms with E-state index in [4.69, 9.17) is 27.9 Å². The fourth-order valence-corrected chi connectivity index (χ4v) is 4.28.